The number of hydrogen-bond acceptors (Lipinski definition) is 6. The van der Waals surface area contributed by atoms with Crippen LogP contribution in [0.15, 0.2) is 78.9 Å². The molecule has 0 spiro atoms. The van der Waals surface area contributed by atoms with Gasteiger partial charge in [-0.1, -0.05) is 78.9 Å². The van der Waals surface area contributed by atoms with Crippen molar-refractivity contribution in [1.82, 2.24) is 10.2 Å². The average molecular weight is 559 g/mol. The highest BCUT2D eigenvalue weighted by molar-refractivity contribution is 5.89. The summed E-state index contributed by atoms with van der Waals surface area (Å²) in [6, 6.07) is 23.8. The molecule has 0 aromatic heterocycles. The molecule has 0 unspecified atom stereocenters. The summed E-state index contributed by atoms with van der Waals surface area (Å²) < 4.78 is 11.0. The molecule has 0 aliphatic heterocycles. The Kier molecular flexibility index (Phi) is 10.1. The lowest BCUT2D eigenvalue weighted by atomic mass is 9.98. The number of amides is 2. The second-order valence-corrected chi connectivity index (χ2v) is 9.79. The van der Waals surface area contributed by atoms with Crippen molar-refractivity contribution in [3.63, 3.8) is 0 Å². The number of aliphatic carboxylic acids is 1. The van der Waals surface area contributed by atoms with Crippen molar-refractivity contribution in [1.29, 1.82) is 0 Å². The van der Waals surface area contributed by atoms with Gasteiger partial charge in [0.2, 0.25) is 5.91 Å². The molecule has 0 saturated carbocycles. The number of hydrogen-bond donors (Lipinski definition) is 2. The van der Waals surface area contributed by atoms with Crippen LogP contribution in [0.1, 0.15) is 48.8 Å². The molecule has 2 N–H and O–H groups in total. The van der Waals surface area contributed by atoms with Crippen LogP contribution >= 0.6 is 0 Å². The number of rotatable bonds is 13. The summed E-state index contributed by atoms with van der Waals surface area (Å²) in [4.78, 5) is 51.4. The van der Waals surface area contributed by atoms with Crippen LogP contribution in [0, 0.1) is 0 Å². The highest BCUT2D eigenvalue weighted by Crippen LogP contribution is 2.44. The Balaban J connectivity index is 1.42. The first-order chi connectivity index (χ1) is 19.9. The monoisotopic (exact) mass is 558 g/mol. The van der Waals surface area contributed by atoms with E-state index in [-0.39, 0.29) is 45.1 Å². The van der Waals surface area contributed by atoms with Crippen molar-refractivity contribution in [2.45, 2.75) is 44.8 Å². The molecular weight excluding hydrogens is 524 g/mol. The second kappa shape index (κ2) is 14.1. The zero-order chi connectivity index (χ0) is 29.2. The number of benzene rings is 3. The zero-order valence-electron chi connectivity index (χ0n) is 23.0. The van der Waals surface area contributed by atoms with Gasteiger partial charge in [0.15, 0.2) is 0 Å². The molecule has 3 aromatic rings. The summed E-state index contributed by atoms with van der Waals surface area (Å²) in [5.74, 6) is -2.30. The lowest BCUT2D eigenvalue weighted by Gasteiger charge is -2.26. The Bertz CT molecular complexity index is 1330. The molecular formula is C32H34N2O7. The van der Waals surface area contributed by atoms with Crippen molar-refractivity contribution in [3.05, 3.63) is 95.6 Å². The van der Waals surface area contributed by atoms with E-state index >= 15 is 0 Å². The minimum absolute atomic E-state index is 0.0294. The molecule has 3 aromatic carbocycles. The number of nitrogens with one attached hydrogen (secondary N) is 1. The van der Waals surface area contributed by atoms with E-state index in [1.165, 1.54) is 4.90 Å². The van der Waals surface area contributed by atoms with Crippen molar-refractivity contribution in [2.24, 2.45) is 0 Å². The summed E-state index contributed by atoms with van der Waals surface area (Å²) >= 11 is 0. The number of carbonyl (C=O) groups is 4. The third-order valence-corrected chi connectivity index (χ3v) is 7.06. The van der Waals surface area contributed by atoms with E-state index in [1.807, 2.05) is 78.9 Å². The Labute approximate surface area is 239 Å². The summed E-state index contributed by atoms with van der Waals surface area (Å²) in [6.45, 7) is 2.28. The first-order valence-electron chi connectivity index (χ1n) is 13.7. The first kappa shape index (κ1) is 29.3. The van der Waals surface area contributed by atoms with Crippen LogP contribution in [0.4, 0.5) is 4.79 Å². The second-order valence-electron chi connectivity index (χ2n) is 9.79. The zero-order valence-corrected chi connectivity index (χ0v) is 23.0. The molecule has 0 radical (unpaired) electrons. The predicted octanol–water partition coefficient (Wildman–Crippen LogP) is 4.74. The van der Waals surface area contributed by atoms with Crippen LogP contribution < -0.4 is 5.32 Å². The summed E-state index contributed by atoms with van der Waals surface area (Å²) in [5, 5.41) is 11.5. The van der Waals surface area contributed by atoms with E-state index < -0.39 is 36.4 Å². The molecule has 1 aliphatic carbocycles. The van der Waals surface area contributed by atoms with Crippen LogP contribution in [0.25, 0.3) is 11.1 Å². The van der Waals surface area contributed by atoms with E-state index in [1.54, 1.807) is 6.92 Å². The molecule has 0 bridgehead atoms. The number of nitrogens with zero attached hydrogens (tertiary/aromatic N) is 1. The van der Waals surface area contributed by atoms with Crippen LogP contribution in [-0.4, -0.2) is 59.7 Å². The van der Waals surface area contributed by atoms with Gasteiger partial charge in [0, 0.05) is 25.4 Å². The molecule has 0 heterocycles. The molecule has 9 heteroatoms. The predicted molar refractivity (Wildman–Crippen MR) is 152 cm³/mol. The fourth-order valence-electron chi connectivity index (χ4n) is 5.01. The maximum atomic E-state index is 13.4. The maximum absolute atomic E-state index is 13.4. The maximum Gasteiger partial charge on any atom is 0.407 e. The third kappa shape index (κ3) is 7.72. The number of likely N-dealkylation sites (N-methyl/N-ethyl adjacent to an activating group) is 1. The minimum Gasteiger partial charge on any atom is -0.481 e. The minimum atomic E-state index is -1.24. The molecule has 214 valence electrons. The summed E-state index contributed by atoms with van der Waals surface area (Å²) in [5.41, 5.74) is 5.07. The van der Waals surface area contributed by atoms with Crippen molar-refractivity contribution in [2.75, 3.05) is 19.7 Å². The Hall–Kier alpha value is -4.66. The van der Waals surface area contributed by atoms with Gasteiger partial charge in [0.05, 0.1) is 6.42 Å². The van der Waals surface area contributed by atoms with E-state index in [2.05, 4.69) is 5.32 Å². The van der Waals surface area contributed by atoms with Crippen LogP contribution in [0.3, 0.4) is 0 Å². The number of carboxylic acid groups (broad SMARTS) is 1. The van der Waals surface area contributed by atoms with E-state index in [0.717, 1.165) is 27.8 Å². The van der Waals surface area contributed by atoms with Crippen molar-refractivity contribution in [3.8, 4) is 11.1 Å². The highest BCUT2D eigenvalue weighted by atomic mass is 16.5. The SMILES string of the molecule is CCN(CCCC(=O)O)C(=O)[C@H](CC(=O)OCc1ccccc1)NC(=O)OCC1c2ccccc2-c2ccccc21. The molecule has 1 atom stereocenters. The van der Waals surface area contributed by atoms with E-state index in [9.17, 15) is 19.2 Å². The molecule has 4 rings (SSSR count). The summed E-state index contributed by atoms with van der Waals surface area (Å²) in [7, 11) is 0. The van der Waals surface area contributed by atoms with Gasteiger partial charge in [0.25, 0.3) is 0 Å². The lowest BCUT2D eigenvalue weighted by molar-refractivity contribution is -0.148. The Morgan fingerprint density at radius 1 is 0.878 bits per heavy atom. The quantitative estimate of drug-likeness (QED) is 0.291. The molecule has 2 amide bonds. The number of carbonyl (C=O) groups excluding carboxylic acids is 3. The fraction of sp³-hybridized carbons (Fsp3) is 0.312. The standard InChI is InChI=1S/C32H34N2O7/c1-2-34(18-10-17-29(35)36)31(38)28(19-30(37)40-20-22-11-4-3-5-12-22)33-32(39)41-21-27-25-15-8-6-13-23(25)24-14-7-9-16-26(24)27/h3-9,11-16,27-28H,2,10,17-21H2,1H3,(H,33,39)(H,35,36)/t28-/m0/s1. The van der Waals surface area contributed by atoms with Gasteiger partial charge in [-0.25, -0.2) is 4.79 Å². The number of alkyl carbamates (subject to hydrolysis) is 1. The molecule has 41 heavy (non-hydrogen) atoms. The van der Waals surface area contributed by atoms with Crippen LogP contribution in [0.5, 0.6) is 0 Å². The van der Waals surface area contributed by atoms with Gasteiger partial charge in [-0.2, -0.15) is 0 Å². The van der Waals surface area contributed by atoms with Gasteiger partial charge < -0.3 is 24.8 Å². The number of fused-ring (bicyclic) bond motifs is 3. The smallest absolute Gasteiger partial charge is 0.407 e. The topological polar surface area (TPSA) is 122 Å². The van der Waals surface area contributed by atoms with E-state index in [0.29, 0.717) is 0 Å². The number of ether oxygens (including phenoxy) is 2. The molecule has 0 fully saturated rings. The lowest BCUT2D eigenvalue weighted by Crippen LogP contribution is -2.50. The Morgan fingerprint density at radius 3 is 2.10 bits per heavy atom. The third-order valence-electron chi connectivity index (χ3n) is 7.06. The number of esters is 1. The van der Waals surface area contributed by atoms with Gasteiger partial charge in [-0.15, -0.1) is 0 Å². The van der Waals surface area contributed by atoms with Crippen LogP contribution in [-0.2, 0) is 30.5 Å². The average Bonchev–Trinajstić information content (AvgIpc) is 3.30. The molecule has 1 aliphatic rings. The number of carboxylic acids is 1. The van der Waals surface area contributed by atoms with Crippen molar-refractivity contribution >= 4 is 23.9 Å². The highest BCUT2D eigenvalue weighted by Gasteiger charge is 2.31. The first-order valence-corrected chi connectivity index (χ1v) is 13.7. The normalized spacial score (nSPS) is 12.5. The van der Waals surface area contributed by atoms with Gasteiger partial charge >= 0.3 is 18.0 Å². The van der Waals surface area contributed by atoms with Gasteiger partial charge in [0.1, 0.15) is 19.3 Å². The molecule has 0 saturated heterocycles. The summed E-state index contributed by atoms with van der Waals surface area (Å²) in [6.07, 6.45) is -1.09. The fourth-order valence-corrected chi connectivity index (χ4v) is 5.01. The van der Waals surface area contributed by atoms with E-state index in [4.69, 9.17) is 14.6 Å². The van der Waals surface area contributed by atoms with Gasteiger partial charge in [-0.05, 0) is 41.2 Å². The molecule has 9 nitrogen and oxygen atoms in total. The Morgan fingerprint density at radius 2 is 1.49 bits per heavy atom. The largest absolute Gasteiger partial charge is 0.481 e. The van der Waals surface area contributed by atoms with Gasteiger partial charge in [-0.3, -0.25) is 14.4 Å². The van der Waals surface area contributed by atoms with Crippen LogP contribution in [0.2, 0.25) is 0 Å². The van der Waals surface area contributed by atoms with Crippen molar-refractivity contribution < 1.29 is 33.8 Å².